The van der Waals surface area contributed by atoms with E-state index in [1.807, 2.05) is 6.92 Å². The molecular formula is C19H24N4O4S. The highest BCUT2D eigenvalue weighted by molar-refractivity contribution is 7.89. The number of nitrogens with zero attached hydrogens (tertiary/aromatic N) is 3. The molecule has 0 saturated heterocycles. The normalized spacial score (nSPS) is 12.0. The van der Waals surface area contributed by atoms with Gasteiger partial charge in [0, 0.05) is 38.4 Å². The van der Waals surface area contributed by atoms with Crippen LogP contribution < -0.4 is 5.32 Å². The van der Waals surface area contributed by atoms with Gasteiger partial charge >= 0.3 is 0 Å². The predicted octanol–water partition coefficient (Wildman–Crippen LogP) is 3.01. The molecule has 150 valence electrons. The van der Waals surface area contributed by atoms with Crippen LogP contribution in [0.3, 0.4) is 0 Å². The molecule has 2 heterocycles. The maximum absolute atomic E-state index is 12.7. The van der Waals surface area contributed by atoms with Crippen LogP contribution >= 0.6 is 0 Å². The molecule has 0 atom stereocenters. The molecule has 9 heteroatoms. The van der Waals surface area contributed by atoms with Gasteiger partial charge in [0.25, 0.3) is 5.91 Å². The summed E-state index contributed by atoms with van der Waals surface area (Å²) in [5.41, 5.74) is 2.12. The van der Waals surface area contributed by atoms with Crippen molar-refractivity contribution in [2.24, 2.45) is 7.05 Å². The lowest BCUT2D eigenvalue weighted by atomic mass is 10.2. The van der Waals surface area contributed by atoms with E-state index in [1.54, 1.807) is 39.1 Å². The zero-order valence-electron chi connectivity index (χ0n) is 16.4. The summed E-state index contributed by atoms with van der Waals surface area (Å²) in [5.74, 6) is 0.231. The van der Waals surface area contributed by atoms with Crippen LogP contribution in [0.4, 0.5) is 5.69 Å². The maximum Gasteiger partial charge on any atom is 0.272 e. The van der Waals surface area contributed by atoms with Gasteiger partial charge in [0.05, 0.1) is 0 Å². The van der Waals surface area contributed by atoms with Crippen molar-refractivity contribution in [3.63, 3.8) is 0 Å². The van der Waals surface area contributed by atoms with Gasteiger partial charge in [-0.3, -0.25) is 4.79 Å². The van der Waals surface area contributed by atoms with Gasteiger partial charge in [-0.1, -0.05) is 20.8 Å². The summed E-state index contributed by atoms with van der Waals surface area (Å²) in [6, 6.07) is 6.60. The number of rotatable bonds is 7. The molecule has 0 aliphatic carbocycles. The van der Waals surface area contributed by atoms with E-state index in [1.165, 1.54) is 21.1 Å². The first-order valence-corrected chi connectivity index (χ1v) is 10.6. The number of nitrogens with one attached hydrogen (secondary N) is 1. The van der Waals surface area contributed by atoms with Crippen molar-refractivity contribution in [3.8, 4) is 0 Å². The number of aryl methyl sites for hydroxylation is 2. The van der Waals surface area contributed by atoms with Crippen LogP contribution in [0.1, 0.15) is 37.2 Å². The smallest absolute Gasteiger partial charge is 0.272 e. The molecule has 28 heavy (non-hydrogen) atoms. The maximum atomic E-state index is 12.7. The minimum Gasteiger partial charge on any atom is -0.441 e. The third-order valence-corrected chi connectivity index (χ3v) is 6.56. The van der Waals surface area contributed by atoms with Gasteiger partial charge in [0.1, 0.15) is 16.1 Å². The summed E-state index contributed by atoms with van der Waals surface area (Å²) in [5, 5.41) is 2.79. The van der Waals surface area contributed by atoms with Crippen LogP contribution in [0.15, 0.2) is 39.8 Å². The largest absolute Gasteiger partial charge is 0.441 e. The number of carbonyl (C=O) groups excluding carboxylic acids is 1. The second-order valence-electron chi connectivity index (χ2n) is 6.36. The SMILES string of the molecule is CCc1nc2cc(NC(=O)c3cc(S(=O)(=O)N(CC)CC)cn3C)ccc2o1. The standard InChI is InChI=1S/C19H24N4O4S/c1-5-18-21-15-10-13(8-9-17(15)27-18)20-19(24)16-11-14(12-22(16)4)28(25,26)23(6-2)7-3/h8-12H,5-7H2,1-4H3,(H,20,24). The number of benzene rings is 1. The van der Waals surface area contributed by atoms with Gasteiger partial charge in [-0.05, 0) is 24.3 Å². The summed E-state index contributed by atoms with van der Waals surface area (Å²) < 4.78 is 33.8. The lowest BCUT2D eigenvalue weighted by Gasteiger charge is -2.17. The van der Waals surface area contributed by atoms with Crippen LogP contribution in [0.5, 0.6) is 0 Å². The molecule has 8 nitrogen and oxygen atoms in total. The Morgan fingerprint density at radius 3 is 2.57 bits per heavy atom. The van der Waals surface area contributed by atoms with Crippen molar-refractivity contribution in [2.75, 3.05) is 18.4 Å². The first-order valence-electron chi connectivity index (χ1n) is 9.17. The Labute approximate surface area is 164 Å². The van der Waals surface area contributed by atoms with E-state index in [2.05, 4.69) is 10.3 Å². The molecule has 3 rings (SSSR count). The third-order valence-electron chi connectivity index (χ3n) is 4.55. The number of anilines is 1. The van der Waals surface area contributed by atoms with Crippen molar-refractivity contribution in [2.45, 2.75) is 32.1 Å². The molecule has 0 aliphatic rings. The van der Waals surface area contributed by atoms with Gasteiger partial charge in [0.2, 0.25) is 10.0 Å². The van der Waals surface area contributed by atoms with Crippen LogP contribution in [0, 0.1) is 0 Å². The molecule has 0 radical (unpaired) electrons. The van der Waals surface area contributed by atoms with Crippen LogP contribution in [-0.4, -0.2) is 41.3 Å². The number of oxazole rings is 1. The van der Waals surface area contributed by atoms with Crippen LogP contribution in [-0.2, 0) is 23.5 Å². The van der Waals surface area contributed by atoms with Gasteiger partial charge in [0.15, 0.2) is 11.5 Å². The third kappa shape index (κ3) is 3.67. The molecule has 2 aromatic heterocycles. The minimum atomic E-state index is -3.63. The van der Waals surface area contributed by atoms with E-state index in [-0.39, 0.29) is 10.6 Å². The molecule has 0 saturated carbocycles. The second-order valence-corrected chi connectivity index (χ2v) is 8.30. The first-order chi connectivity index (χ1) is 13.3. The number of sulfonamides is 1. The highest BCUT2D eigenvalue weighted by Gasteiger charge is 2.25. The highest BCUT2D eigenvalue weighted by Crippen LogP contribution is 2.22. The van der Waals surface area contributed by atoms with Gasteiger partial charge < -0.3 is 14.3 Å². The van der Waals surface area contributed by atoms with Crippen molar-refractivity contribution >= 4 is 32.7 Å². The topological polar surface area (TPSA) is 97.4 Å². The average molecular weight is 404 g/mol. The lowest BCUT2D eigenvalue weighted by molar-refractivity contribution is 0.101. The summed E-state index contributed by atoms with van der Waals surface area (Å²) in [6.45, 7) is 6.25. The number of fused-ring (bicyclic) bond motifs is 1. The van der Waals surface area contributed by atoms with E-state index < -0.39 is 15.9 Å². The van der Waals surface area contributed by atoms with Crippen LogP contribution in [0.25, 0.3) is 11.1 Å². The molecule has 1 amide bonds. The Morgan fingerprint density at radius 1 is 1.21 bits per heavy atom. The number of carbonyl (C=O) groups is 1. The number of amides is 1. The molecule has 0 unspecified atom stereocenters. The summed E-state index contributed by atoms with van der Waals surface area (Å²) in [6.07, 6.45) is 2.14. The summed E-state index contributed by atoms with van der Waals surface area (Å²) >= 11 is 0. The fourth-order valence-corrected chi connectivity index (χ4v) is 4.54. The van der Waals surface area contributed by atoms with Crippen LogP contribution in [0.2, 0.25) is 0 Å². The number of hydrogen-bond donors (Lipinski definition) is 1. The fraction of sp³-hybridized carbons (Fsp3) is 0.368. The van der Waals surface area contributed by atoms with Gasteiger partial charge in [-0.25, -0.2) is 13.4 Å². The van der Waals surface area contributed by atoms with Crippen molar-refractivity contribution < 1.29 is 17.6 Å². The molecule has 1 N–H and O–H groups in total. The molecule has 1 aromatic carbocycles. The Kier molecular flexibility index (Phi) is 5.57. The Morgan fingerprint density at radius 2 is 1.93 bits per heavy atom. The minimum absolute atomic E-state index is 0.100. The Hall–Kier alpha value is -2.65. The Bertz CT molecular complexity index is 1110. The average Bonchev–Trinajstić information content (AvgIpc) is 3.25. The quantitative estimate of drug-likeness (QED) is 0.653. The van der Waals surface area contributed by atoms with Gasteiger partial charge in [-0.15, -0.1) is 0 Å². The van der Waals surface area contributed by atoms with E-state index in [0.29, 0.717) is 42.2 Å². The van der Waals surface area contributed by atoms with E-state index in [4.69, 9.17) is 4.42 Å². The van der Waals surface area contributed by atoms with E-state index in [9.17, 15) is 13.2 Å². The highest BCUT2D eigenvalue weighted by atomic mass is 32.2. The zero-order chi connectivity index (χ0) is 20.5. The van der Waals surface area contributed by atoms with Crippen molar-refractivity contribution in [1.82, 2.24) is 13.9 Å². The molecule has 0 fully saturated rings. The summed E-state index contributed by atoms with van der Waals surface area (Å²) in [7, 11) is -1.98. The molecular weight excluding hydrogens is 380 g/mol. The van der Waals surface area contributed by atoms with E-state index >= 15 is 0 Å². The Balaban J connectivity index is 1.86. The molecule has 0 aliphatic heterocycles. The van der Waals surface area contributed by atoms with Crippen molar-refractivity contribution in [3.05, 3.63) is 42.0 Å². The summed E-state index contributed by atoms with van der Waals surface area (Å²) in [4.78, 5) is 17.2. The molecule has 3 aromatic rings. The van der Waals surface area contributed by atoms with Gasteiger partial charge in [-0.2, -0.15) is 4.31 Å². The zero-order valence-corrected chi connectivity index (χ0v) is 17.2. The van der Waals surface area contributed by atoms with E-state index in [0.717, 1.165) is 0 Å². The van der Waals surface area contributed by atoms with Crippen molar-refractivity contribution in [1.29, 1.82) is 0 Å². The fourth-order valence-electron chi connectivity index (χ4n) is 3.01. The monoisotopic (exact) mass is 404 g/mol. The molecule has 0 spiro atoms. The lowest BCUT2D eigenvalue weighted by Crippen LogP contribution is -2.30. The first kappa shape index (κ1) is 20.1. The number of hydrogen-bond acceptors (Lipinski definition) is 5. The molecule has 0 bridgehead atoms. The second kappa shape index (κ2) is 7.76. The number of aromatic nitrogens is 2. The predicted molar refractivity (Wildman–Crippen MR) is 107 cm³/mol.